The van der Waals surface area contributed by atoms with Gasteiger partial charge in [0.15, 0.2) is 11.3 Å². The summed E-state index contributed by atoms with van der Waals surface area (Å²) in [6.07, 6.45) is 3.30. The van der Waals surface area contributed by atoms with E-state index in [1.807, 2.05) is 0 Å². The van der Waals surface area contributed by atoms with Crippen molar-refractivity contribution in [2.24, 2.45) is 0 Å². The van der Waals surface area contributed by atoms with Crippen LogP contribution in [-0.2, 0) is 0 Å². The van der Waals surface area contributed by atoms with Gasteiger partial charge in [-0.2, -0.15) is 0 Å². The molecule has 0 bridgehead atoms. The first kappa shape index (κ1) is 8.96. The fraction of sp³-hybridized carbons (Fsp3) is 0. The molecule has 0 unspecified atom stereocenters. The molecule has 0 N–H and O–H groups in total. The van der Waals surface area contributed by atoms with E-state index < -0.39 is 5.82 Å². The first-order chi connectivity index (χ1) is 6.79. The van der Waals surface area contributed by atoms with Gasteiger partial charge in [-0.3, -0.25) is 9.78 Å². The summed E-state index contributed by atoms with van der Waals surface area (Å²) in [6.45, 7) is 0. The van der Waals surface area contributed by atoms with Gasteiger partial charge in [-0.25, -0.2) is 9.37 Å². The molecule has 0 aromatic carbocycles. The second-order valence-corrected chi connectivity index (χ2v) is 3.47. The van der Waals surface area contributed by atoms with Gasteiger partial charge in [0.1, 0.15) is 5.82 Å². The van der Waals surface area contributed by atoms with E-state index in [1.165, 1.54) is 23.6 Å². The number of pyridine rings is 1. The van der Waals surface area contributed by atoms with Crippen LogP contribution in [0.3, 0.4) is 0 Å². The van der Waals surface area contributed by atoms with Crippen LogP contribution in [0.4, 0.5) is 4.39 Å². The summed E-state index contributed by atoms with van der Waals surface area (Å²) in [5, 5.41) is 2.07. The van der Waals surface area contributed by atoms with Crippen LogP contribution in [-0.4, -0.2) is 16.3 Å². The lowest BCUT2D eigenvalue weighted by Gasteiger charge is -1.94. The van der Waals surface area contributed by atoms with Crippen LogP contribution in [0.1, 0.15) is 9.80 Å². The fourth-order valence-electron chi connectivity index (χ4n) is 1.03. The van der Waals surface area contributed by atoms with Crippen LogP contribution < -0.4 is 0 Å². The zero-order valence-electron chi connectivity index (χ0n) is 6.98. The number of carbonyl (C=O) groups is 1. The van der Waals surface area contributed by atoms with Crippen molar-refractivity contribution in [1.29, 1.82) is 0 Å². The van der Waals surface area contributed by atoms with Gasteiger partial charge in [0, 0.05) is 17.1 Å². The zero-order valence-corrected chi connectivity index (χ0v) is 7.79. The van der Waals surface area contributed by atoms with Gasteiger partial charge in [-0.05, 0) is 6.07 Å². The predicted molar refractivity (Wildman–Crippen MR) is 50.7 cm³/mol. The molecular formula is C9H5FN2OS. The van der Waals surface area contributed by atoms with E-state index in [9.17, 15) is 9.18 Å². The van der Waals surface area contributed by atoms with Crippen molar-refractivity contribution in [2.75, 3.05) is 0 Å². The number of hydrogen-bond donors (Lipinski definition) is 0. The monoisotopic (exact) mass is 208 g/mol. The summed E-state index contributed by atoms with van der Waals surface area (Å²) in [5.41, 5.74) is 1.15. The SMILES string of the molecule is O=Cc1nc(-c2cncc(F)c2)cs1. The lowest BCUT2D eigenvalue weighted by molar-refractivity contribution is 0.112. The van der Waals surface area contributed by atoms with Crippen LogP contribution in [0.5, 0.6) is 0 Å². The molecule has 2 heterocycles. The van der Waals surface area contributed by atoms with Crippen molar-refractivity contribution in [3.63, 3.8) is 0 Å². The van der Waals surface area contributed by atoms with Gasteiger partial charge in [-0.1, -0.05) is 0 Å². The molecule has 0 fully saturated rings. The zero-order chi connectivity index (χ0) is 9.97. The molecule has 5 heteroatoms. The fourth-order valence-corrected chi connectivity index (χ4v) is 1.65. The number of nitrogens with zero attached hydrogens (tertiary/aromatic N) is 2. The number of carbonyl (C=O) groups excluding carboxylic acids is 1. The van der Waals surface area contributed by atoms with Crippen LogP contribution in [0.2, 0.25) is 0 Å². The van der Waals surface area contributed by atoms with Crippen molar-refractivity contribution in [3.8, 4) is 11.3 Å². The number of aromatic nitrogens is 2. The Morgan fingerprint density at radius 1 is 1.43 bits per heavy atom. The van der Waals surface area contributed by atoms with Crippen LogP contribution in [0.25, 0.3) is 11.3 Å². The highest BCUT2D eigenvalue weighted by Crippen LogP contribution is 2.20. The Morgan fingerprint density at radius 2 is 2.29 bits per heavy atom. The van der Waals surface area contributed by atoms with Gasteiger partial charge in [0.05, 0.1) is 11.9 Å². The standard InChI is InChI=1S/C9H5FN2OS/c10-7-1-6(2-11-3-7)8-5-14-9(4-13)12-8/h1-5H. The Bertz CT molecular complexity index is 469. The summed E-state index contributed by atoms with van der Waals surface area (Å²) in [6, 6.07) is 1.33. The third-order valence-electron chi connectivity index (χ3n) is 1.62. The lowest BCUT2D eigenvalue weighted by Crippen LogP contribution is -1.84. The van der Waals surface area contributed by atoms with E-state index in [2.05, 4.69) is 9.97 Å². The highest BCUT2D eigenvalue weighted by atomic mass is 32.1. The number of rotatable bonds is 2. The molecular weight excluding hydrogens is 203 g/mol. The average Bonchev–Trinajstić information content (AvgIpc) is 2.66. The minimum absolute atomic E-state index is 0.379. The van der Waals surface area contributed by atoms with E-state index in [1.54, 1.807) is 5.38 Å². The smallest absolute Gasteiger partial charge is 0.178 e. The van der Waals surface area contributed by atoms with Crippen molar-refractivity contribution in [2.45, 2.75) is 0 Å². The first-order valence-corrected chi connectivity index (χ1v) is 4.69. The molecule has 2 aromatic rings. The van der Waals surface area contributed by atoms with Crippen LogP contribution >= 0.6 is 11.3 Å². The molecule has 0 atom stereocenters. The van der Waals surface area contributed by atoms with E-state index >= 15 is 0 Å². The molecule has 0 aliphatic heterocycles. The van der Waals surface area contributed by atoms with Gasteiger partial charge < -0.3 is 0 Å². The molecule has 0 saturated heterocycles. The number of halogens is 1. The summed E-state index contributed by atoms with van der Waals surface area (Å²) in [7, 11) is 0. The Morgan fingerprint density at radius 3 is 2.93 bits per heavy atom. The van der Waals surface area contributed by atoms with E-state index in [4.69, 9.17) is 0 Å². The summed E-state index contributed by atoms with van der Waals surface area (Å²) >= 11 is 1.22. The van der Waals surface area contributed by atoms with Gasteiger partial charge in [0.25, 0.3) is 0 Å². The molecule has 2 aromatic heterocycles. The highest BCUT2D eigenvalue weighted by molar-refractivity contribution is 7.11. The van der Waals surface area contributed by atoms with Crippen molar-refractivity contribution < 1.29 is 9.18 Å². The number of thiazole rings is 1. The largest absolute Gasteiger partial charge is 0.295 e. The van der Waals surface area contributed by atoms with Gasteiger partial charge in [-0.15, -0.1) is 11.3 Å². The normalized spacial score (nSPS) is 10.1. The maximum absolute atomic E-state index is 12.8. The molecule has 0 aliphatic carbocycles. The lowest BCUT2D eigenvalue weighted by atomic mass is 10.2. The minimum Gasteiger partial charge on any atom is -0.295 e. The highest BCUT2D eigenvalue weighted by Gasteiger charge is 2.04. The average molecular weight is 208 g/mol. The first-order valence-electron chi connectivity index (χ1n) is 3.81. The molecule has 0 aliphatic rings. The van der Waals surface area contributed by atoms with Gasteiger partial charge in [0.2, 0.25) is 0 Å². The topological polar surface area (TPSA) is 42.9 Å². The Hall–Kier alpha value is -1.62. The molecule has 0 radical (unpaired) electrons. The molecule has 3 nitrogen and oxygen atoms in total. The summed E-state index contributed by atoms with van der Waals surface area (Å²) < 4.78 is 12.8. The van der Waals surface area contributed by atoms with E-state index in [-0.39, 0.29) is 0 Å². The summed E-state index contributed by atoms with van der Waals surface area (Å²) in [4.78, 5) is 18.1. The minimum atomic E-state index is -0.414. The predicted octanol–water partition coefficient (Wildman–Crippen LogP) is 2.16. The van der Waals surface area contributed by atoms with Gasteiger partial charge >= 0.3 is 0 Å². The van der Waals surface area contributed by atoms with Crippen molar-refractivity contribution in [3.05, 3.63) is 34.7 Å². The second-order valence-electron chi connectivity index (χ2n) is 2.58. The quantitative estimate of drug-likeness (QED) is 0.710. The molecule has 0 amide bonds. The van der Waals surface area contributed by atoms with Crippen molar-refractivity contribution in [1.82, 2.24) is 9.97 Å². The van der Waals surface area contributed by atoms with Crippen LogP contribution in [0.15, 0.2) is 23.8 Å². The summed E-state index contributed by atoms with van der Waals surface area (Å²) in [5.74, 6) is -0.414. The molecule has 70 valence electrons. The maximum Gasteiger partial charge on any atom is 0.178 e. The van der Waals surface area contributed by atoms with Crippen molar-refractivity contribution >= 4 is 17.6 Å². The molecule has 14 heavy (non-hydrogen) atoms. The third-order valence-corrected chi connectivity index (χ3v) is 2.39. The van der Waals surface area contributed by atoms with E-state index in [0.29, 0.717) is 22.6 Å². The molecule has 2 rings (SSSR count). The second kappa shape index (κ2) is 3.63. The number of hydrogen-bond acceptors (Lipinski definition) is 4. The maximum atomic E-state index is 12.8. The number of aldehydes is 1. The van der Waals surface area contributed by atoms with Crippen LogP contribution in [0, 0.1) is 5.82 Å². The third kappa shape index (κ3) is 1.67. The Kier molecular flexibility index (Phi) is 2.32. The molecule has 0 saturated carbocycles. The molecule has 0 spiro atoms. The Balaban J connectivity index is 2.43. The van der Waals surface area contributed by atoms with E-state index in [0.717, 1.165) is 6.20 Å². The Labute approximate surface area is 83.3 Å².